The van der Waals surface area contributed by atoms with Gasteiger partial charge in [-0.3, -0.25) is 0 Å². The van der Waals surface area contributed by atoms with E-state index in [-0.39, 0.29) is 12.6 Å². The van der Waals surface area contributed by atoms with Gasteiger partial charge in [0.15, 0.2) is 0 Å². The molecule has 100 valence electrons. The van der Waals surface area contributed by atoms with E-state index in [4.69, 9.17) is 4.74 Å². The average Bonchev–Trinajstić information content (AvgIpc) is 2.39. The van der Waals surface area contributed by atoms with Crippen molar-refractivity contribution in [2.75, 3.05) is 38.3 Å². The van der Waals surface area contributed by atoms with Gasteiger partial charge in [0.25, 0.3) is 0 Å². The number of hydrogen-bond acceptors (Lipinski definition) is 4. The van der Waals surface area contributed by atoms with E-state index in [2.05, 4.69) is 38.3 Å². The van der Waals surface area contributed by atoms with Gasteiger partial charge in [0, 0.05) is 23.2 Å². The van der Waals surface area contributed by atoms with E-state index < -0.39 is 0 Å². The van der Waals surface area contributed by atoms with Gasteiger partial charge < -0.3 is 20.1 Å². The summed E-state index contributed by atoms with van der Waals surface area (Å²) in [5.41, 5.74) is 2.40. The van der Waals surface area contributed by atoms with Crippen molar-refractivity contribution in [3.8, 4) is 0 Å². The molecule has 1 atom stereocenters. The number of nitrogens with zero attached hydrogens (tertiary/aromatic N) is 1. The van der Waals surface area contributed by atoms with E-state index in [1.165, 1.54) is 11.3 Å². The molecule has 1 heterocycles. The Balaban J connectivity index is 2.29. The molecule has 2 N–H and O–H groups in total. The van der Waals surface area contributed by atoms with Gasteiger partial charge in [-0.1, -0.05) is 15.9 Å². The van der Waals surface area contributed by atoms with E-state index in [9.17, 15) is 5.11 Å². The molecule has 18 heavy (non-hydrogen) atoms. The molecule has 1 unspecified atom stereocenters. The van der Waals surface area contributed by atoms with Crippen LogP contribution in [0.3, 0.4) is 0 Å². The minimum atomic E-state index is 0.0514. The van der Waals surface area contributed by atoms with Crippen LogP contribution in [0.1, 0.15) is 5.56 Å². The number of rotatable bonds is 4. The topological polar surface area (TPSA) is 44.7 Å². The highest BCUT2D eigenvalue weighted by atomic mass is 79.9. The van der Waals surface area contributed by atoms with Crippen LogP contribution in [0.4, 0.5) is 5.69 Å². The first-order valence-electron chi connectivity index (χ1n) is 6.14. The van der Waals surface area contributed by atoms with Crippen LogP contribution in [0.25, 0.3) is 0 Å². The van der Waals surface area contributed by atoms with Crippen LogP contribution in [-0.2, 0) is 11.3 Å². The van der Waals surface area contributed by atoms with Crippen molar-refractivity contribution in [3.63, 3.8) is 0 Å². The molecule has 0 aromatic heterocycles. The molecule has 0 aliphatic carbocycles. The van der Waals surface area contributed by atoms with Crippen molar-refractivity contribution in [2.24, 2.45) is 0 Å². The summed E-state index contributed by atoms with van der Waals surface area (Å²) in [6, 6.07) is 6.31. The largest absolute Gasteiger partial charge is 0.394 e. The Morgan fingerprint density at radius 1 is 1.56 bits per heavy atom. The fourth-order valence-corrected chi connectivity index (χ4v) is 2.70. The van der Waals surface area contributed by atoms with E-state index in [1.807, 2.05) is 13.1 Å². The Kier molecular flexibility index (Phi) is 5.00. The summed E-state index contributed by atoms with van der Waals surface area (Å²) in [4.78, 5) is 2.24. The third-order valence-electron chi connectivity index (χ3n) is 3.16. The van der Waals surface area contributed by atoms with Gasteiger partial charge >= 0.3 is 0 Å². The Hall–Kier alpha value is -0.620. The van der Waals surface area contributed by atoms with Gasteiger partial charge in [-0.25, -0.2) is 0 Å². The summed E-state index contributed by atoms with van der Waals surface area (Å²) in [5, 5.41) is 12.6. The zero-order chi connectivity index (χ0) is 13.0. The number of ether oxygens (including phenoxy) is 1. The monoisotopic (exact) mass is 314 g/mol. The first kappa shape index (κ1) is 13.8. The summed E-state index contributed by atoms with van der Waals surface area (Å²) in [5.74, 6) is 0. The van der Waals surface area contributed by atoms with Crippen molar-refractivity contribution < 1.29 is 9.84 Å². The maximum absolute atomic E-state index is 9.45. The van der Waals surface area contributed by atoms with Gasteiger partial charge in [-0.15, -0.1) is 0 Å². The third kappa shape index (κ3) is 3.03. The molecule has 4 nitrogen and oxygen atoms in total. The molecular formula is C13H19BrN2O2. The van der Waals surface area contributed by atoms with Gasteiger partial charge in [-0.05, 0) is 30.8 Å². The van der Waals surface area contributed by atoms with Gasteiger partial charge in [0.1, 0.15) is 0 Å². The number of benzene rings is 1. The Labute approximate surface area is 116 Å². The number of halogens is 1. The zero-order valence-electron chi connectivity index (χ0n) is 10.5. The van der Waals surface area contributed by atoms with Crippen LogP contribution < -0.4 is 10.2 Å². The van der Waals surface area contributed by atoms with E-state index in [0.717, 1.165) is 17.6 Å². The maximum Gasteiger partial charge on any atom is 0.0755 e. The molecule has 0 radical (unpaired) electrons. The molecule has 0 amide bonds. The second kappa shape index (κ2) is 6.52. The minimum Gasteiger partial charge on any atom is -0.394 e. The highest BCUT2D eigenvalue weighted by Gasteiger charge is 2.24. The van der Waals surface area contributed by atoms with Gasteiger partial charge in [0.2, 0.25) is 0 Å². The fraction of sp³-hybridized carbons (Fsp3) is 0.538. The molecule has 1 aromatic rings. The Bertz CT molecular complexity index is 401. The van der Waals surface area contributed by atoms with Crippen molar-refractivity contribution in [1.82, 2.24) is 5.32 Å². The summed E-state index contributed by atoms with van der Waals surface area (Å²) in [7, 11) is 1.94. The quantitative estimate of drug-likeness (QED) is 0.881. The number of nitrogens with one attached hydrogen (secondary N) is 1. The molecule has 0 saturated carbocycles. The molecule has 0 bridgehead atoms. The Morgan fingerprint density at radius 3 is 3.11 bits per heavy atom. The van der Waals surface area contributed by atoms with Crippen molar-refractivity contribution in [1.29, 1.82) is 0 Å². The van der Waals surface area contributed by atoms with Crippen LogP contribution in [0, 0.1) is 0 Å². The zero-order valence-corrected chi connectivity index (χ0v) is 12.1. The summed E-state index contributed by atoms with van der Waals surface area (Å²) >= 11 is 3.50. The molecule has 1 aromatic carbocycles. The summed E-state index contributed by atoms with van der Waals surface area (Å²) in [6.45, 7) is 3.06. The molecular weight excluding hydrogens is 296 g/mol. The highest BCUT2D eigenvalue weighted by Crippen LogP contribution is 2.27. The molecule has 2 rings (SSSR count). The van der Waals surface area contributed by atoms with Crippen molar-refractivity contribution in [2.45, 2.75) is 12.6 Å². The van der Waals surface area contributed by atoms with Crippen LogP contribution >= 0.6 is 15.9 Å². The lowest BCUT2D eigenvalue weighted by molar-refractivity contribution is 0.0726. The van der Waals surface area contributed by atoms with Crippen molar-refractivity contribution >= 4 is 21.6 Å². The van der Waals surface area contributed by atoms with Crippen LogP contribution in [0.5, 0.6) is 0 Å². The smallest absolute Gasteiger partial charge is 0.0755 e. The summed E-state index contributed by atoms with van der Waals surface area (Å²) in [6.07, 6.45) is 0. The standard InChI is InChI=1S/C13H19BrN2O2/c1-15-7-10-6-11(14)2-3-13(10)16-4-5-18-9-12(16)8-17/h2-3,6,12,15,17H,4-5,7-9H2,1H3. The van der Waals surface area contributed by atoms with Crippen LogP contribution in [-0.4, -0.2) is 44.6 Å². The number of anilines is 1. The second-order valence-electron chi connectivity index (χ2n) is 4.41. The van der Waals surface area contributed by atoms with E-state index in [0.29, 0.717) is 13.2 Å². The summed E-state index contributed by atoms with van der Waals surface area (Å²) < 4.78 is 6.50. The molecule has 1 aliphatic rings. The first-order valence-corrected chi connectivity index (χ1v) is 6.94. The van der Waals surface area contributed by atoms with Crippen molar-refractivity contribution in [3.05, 3.63) is 28.2 Å². The average molecular weight is 315 g/mol. The molecule has 1 saturated heterocycles. The lowest BCUT2D eigenvalue weighted by Crippen LogP contribution is -2.48. The number of morpholine rings is 1. The number of aliphatic hydroxyl groups is 1. The van der Waals surface area contributed by atoms with Crippen LogP contribution in [0.2, 0.25) is 0 Å². The van der Waals surface area contributed by atoms with Gasteiger partial charge in [-0.2, -0.15) is 0 Å². The predicted molar refractivity (Wildman–Crippen MR) is 75.9 cm³/mol. The van der Waals surface area contributed by atoms with E-state index >= 15 is 0 Å². The number of hydrogen-bond donors (Lipinski definition) is 2. The normalized spacial score (nSPS) is 20.2. The van der Waals surface area contributed by atoms with Gasteiger partial charge in [0.05, 0.1) is 25.9 Å². The molecule has 1 aliphatic heterocycles. The predicted octanol–water partition coefficient (Wildman–Crippen LogP) is 1.37. The molecule has 1 fully saturated rings. The maximum atomic E-state index is 9.45. The first-order chi connectivity index (χ1) is 8.76. The third-order valence-corrected chi connectivity index (χ3v) is 3.65. The minimum absolute atomic E-state index is 0.0514. The fourth-order valence-electron chi connectivity index (χ4n) is 2.29. The second-order valence-corrected chi connectivity index (χ2v) is 5.32. The molecule has 0 spiro atoms. The molecule has 5 heteroatoms. The lowest BCUT2D eigenvalue weighted by Gasteiger charge is -2.37. The SMILES string of the molecule is CNCc1cc(Br)ccc1N1CCOCC1CO. The Morgan fingerprint density at radius 2 is 2.39 bits per heavy atom. The number of aliphatic hydroxyl groups excluding tert-OH is 1. The van der Waals surface area contributed by atoms with Crippen LogP contribution in [0.15, 0.2) is 22.7 Å². The van der Waals surface area contributed by atoms with E-state index in [1.54, 1.807) is 0 Å². The highest BCUT2D eigenvalue weighted by molar-refractivity contribution is 9.10. The lowest BCUT2D eigenvalue weighted by atomic mass is 10.1.